The molecule has 0 aliphatic heterocycles. The van der Waals surface area contributed by atoms with E-state index in [1.165, 1.54) is 24.1 Å². The Balaban J connectivity index is 1.74. The van der Waals surface area contributed by atoms with Gasteiger partial charge in [-0.15, -0.1) is 0 Å². The van der Waals surface area contributed by atoms with Crippen molar-refractivity contribution in [3.63, 3.8) is 0 Å². The smallest absolute Gasteiger partial charge is 0.349 e. The minimum absolute atomic E-state index is 0.0298. The molecule has 0 bridgehead atoms. The zero-order chi connectivity index (χ0) is 18.0. The summed E-state index contributed by atoms with van der Waals surface area (Å²) in [7, 11) is 0. The molecule has 0 saturated carbocycles. The van der Waals surface area contributed by atoms with Gasteiger partial charge in [-0.05, 0) is 55.9 Å². The van der Waals surface area contributed by atoms with E-state index in [0.717, 1.165) is 31.7 Å². The highest BCUT2D eigenvalue weighted by Crippen LogP contribution is 2.28. The second kappa shape index (κ2) is 6.86. The van der Waals surface area contributed by atoms with Crippen LogP contribution in [-0.4, -0.2) is 16.9 Å². The van der Waals surface area contributed by atoms with Crippen LogP contribution in [0.4, 0.5) is 13.2 Å². The maximum Gasteiger partial charge on any atom is 0.433 e. The molecule has 1 aliphatic carbocycles. The molecule has 2 aromatic rings. The van der Waals surface area contributed by atoms with E-state index < -0.39 is 11.9 Å². The Labute approximate surface area is 144 Å². The van der Waals surface area contributed by atoms with Crippen LogP contribution in [-0.2, 0) is 19.0 Å². The third-order valence-electron chi connectivity index (χ3n) is 4.54. The summed E-state index contributed by atoms with van der Waals surface area (Å²) in [5.74, 6) is -0.372. The van der Waals surface area contributed by atoms with Gasteiger partial charge in [0.05, 0.1) is 11.3 Å². The van der Waals surface area contributed by atoms with E-state index in [4.69, 9.17) is 0 Å². The molecule has 0 radical (unpaired) electrons. The van der Waals surface area contributed by atoms with E-state index in [2.05, 4.69) is 22.4 Å². The van der Waals surface area contributed by atoms with E-state index in [1.807, 2.05) is 12.1 Å². The van der Waals surface area contributed by atoms with Crippen molar-refractivity contribution >= 4 is 5.91 Å². The number of aryl methyl sites for hydroxylation is 2. The fourth-order valence-corrected chi connectivity index (χ4v) is 3.25. The lowest BCUT2D eigenvalue weighted by Gasteiger charge is -2.18. The predicted octanol–water partition coefficient (Wildman–Crippen LogP) is 4.09. The van der Waals surface area contributed by atoms with Crippen LogP contribution in [0.15, 0.2) is 36.4 Å². The molecule has 25 heavy (non-hydrogen) atoms. The first-order valence-corrected chi connectivity index (χ1v) is 8.27. The highest BCUT2D eigenvalue weighted by molar-refractivity contribution is 5.95. The van der Waals surface area contributed by atoms with Crippen molar-refractivity contribution in [2.45, 2.75) is 44.8 Å². The van der Waals surface area contributed by atoms with Crippen molar-refractivity contribution in [2.75, 3.05) is 0 Å². The molecule has 132 valence electrons. The maximum atomic E-state index is 12.7. The summed E-state index contributed by atoms with van der Waals surface area (Å²) in [4.78, 5) is 16.0. The number of hydrogen-bond acceptors (Lipinski definition) is 2. The number of aromatic nitrogens is 1. The van der Waals surface area contributed by atoms with Gasteiger partial charge in [0.2, 0.25) is 0 Å². The first kappa shape index (κ1) is 17.5. The summed E-state index contributed by atoms with van der Waals surface area (Å²) in [5, 5.41) is 2.95. The van der Waals surface area contributed by atoms with Crippen LogP contribution in [0.1, 0.15) is 45.7 Å². The number of hydrogen-bond donors (Lipinski definition) is 1. The molecular weight excluding hydrogens is 329 g/mol. The van der Waals surface area contributed by atoms with Crippen molar-refractivity contribution in [2.24, 2.45) is 0 Å². The van der Waals surface area contributed by atoms with Gasteiger partial charge in [-0.25, -0.2) is 4.98 Å². The number of fused-ring (bicyclic) bond motifs is 1. The molecule has 6 heteroatoms. The predicted molar refractivity (Wildman–Crippen MR) is 88.3 cm³/mol. The first-order chi connectivity index (χ1) is 11.8. The van der Waals surface area contributed by atoms with Crippen LogP contribution in [0.5, 0.6) is 0 Å². The molecule has 1 amide bonds. The fraction of sp³-hybridized carbons (Fsp3) is 0.368. The zero-order valence-electron chi connectivity index (χ0n) is 13.9. The Morgan fingerprint density at radius 3 is 2.56 bits per heavy atom. The van der Waals surface area contributed by atoms with Crippen molar-refractivity contribution < 1.29 is 18.0 Å². The minimum atomic E-state index is -4.51. The molecule has 0 fully saturated rings. The second-order valence-electron chi connectivity index (χ2n) is 6.36. The Morgan fingerprint density at radius 1 is 1.16 bits per heavy atom. The van der Waals surface area contributed by atoms with Crippen molar-refractivity contribution in [1.82, 2.24) is 10.3 Å². The topological polar surface area (TPSA) is 42.0 Å². The average molecular weight is 348 g/mol. The lowest BCUT2D eigenvalue weighted by molar-refractivity contribution is -0.141. The number of amides is 1. The molecule has 1 unspecified atom stereocenters. The standard InChI is InChI=1S/C19H19F3N2O/c1-12-16(9-10-17(23-12)19(20,21)22)18(25)24-15-8-4-7-13-5-2-3-6-14(13)11-15/h2-3,5-6,9-10,15H,4,7-8,11H2,1H3,(H,24,25). The van der Waals surface area contributed by atoms with Gasteiger partial charge < -0.3 is 5.32 Å². The quantitative estimate of drug-likeness (QED) is 0.831. The zero-order valence-corrected chi connectivity index (χ0v) is 13.9. The number of carbonyl (C=O) groups is 1. The Bertz CT molecular complexity index is 786. The molecule has 1 aromatic carbocycles. The third-order valence-corrected chi connectivity index (χ3v) is 4.54. The van der Waals surface area contributed by atoms with Crippen LogP contribution >= 0.6 is 0 Å². The van der Waals surface area contributed by atoms with E-state index in [-0.39, 0.29) is 23.2 Å². The summed E-state index contributed by atoms with van der Waals surface area (Å²) in [6.45, 7) is 1.42. The van der Waals surface area contributed by atoms with Gasteiger partial charge >= 0.3 is 6.18 Å². The maximum absolute atomic E-state index is 12.7. The summed E-state index contributed by atoms with van der Waals surface area (Å²) in [6.07, 6.45) is -0.997. The van der Waals surface area contributed by atoms with Crippen LogP contribution in [0.25, 0.3) is 0 Å². The van der Waals surface area contributed by atoms with Gasteiger partial charge in [-0.3, -0.25) is 4.79 Å². The first-order valence-electron chi connectivity index (χ1n) is 8.27. The monoisotopic (exact) mass is 348 g/mol. The van der Waals surface area contributed by atoms with Gasteiger partial charge in [-0.2, -0.15) is 13.2 Å². The van der Waals surface area contributed by atoms with E-state index in [1.54, 1.807) is 0 Å². The van der Waals surface area contributed by atoms with Gasteiger partial charge in [0, 0.05) is 6.04 Å². The molecule has 0 spiro atoms. The SMILES string of the molecule is Cc1nc(C(F)(F)F)ccc1C(=O)NC1CCCc2ccccc2C1. The number of carbonyl (C=O) groups excluding carboxylic acids is 1. The van der Waals surface area contributed by atoms with Crippen molar-refractivity contribution in [3.8, 4) is 0 Å². The average Bonchev–Trinajstić information content (AvgIpc) is 2.75. The van der Waals surface area contributed by atoms with E-state index in [0.29, 0.717) is 0 Å². The molecule has 3 rings (SSSR count). The molecule has 1 heterocycles. The summed E-state index contributed by atoms with van der Waals surface area (Å²) >= 11 is 0. The van der Waals surface area contributed by atoms with Gasteiger partial charge in [0.25, 0.3) is 5.91 Å². The van der Waals surface area contributed by atoms with Crippen LogP contribution in [0, 0.1) is 6.92 Å². The Morgan fingerprint density at radius 2 is 1.88 bits per heavy atom. The van der Waals surface area contributed by atoms with Crippen LogP contribution in [0.3, 0.4) is 0 Å². The van der Waals surface area contributed by atoms with Gasteiger partial charge in [-0.1, -0.05) is 24.3 Å². The highest BCUT2D eigenvalue weighted by atomic mass is 19.4. The molecule has 3 nitrogen and oxygen atoms in total. The number of rotatable bonds is 2. The van der Waals surface area contributed by atoms with Crippen molar-refractivity contribution in [3.05, 3.63) is 64.5 Å². The number of nitrogens with zero attached hydrogens (tertiary/aromatic N) is 1. The van der Waals surface area contributed by atoms with E-state index >= 15 is 0 Å². The van der Waals surface area contributed by atoms with Crippen LogP contribution in [0.2, 0.25) is 0 Å². The molecule has 1 aromatic heterocycles. The van der Waals surface area contributed by atoms with Gasteiger partial charge in [0.1, 0.15) is 5.69 Å². The Kier molecular flexibility index (Phi) is 4.79. The lowest BCUT2D eigenvalue weighted by atomic mass is 10.0. The molecular formula is C19H19F3N2O. The van der Waals surface area contributed by atoms with Gasteiger partial charge in [0.15, 0.2) is 0 Å². The molecule has 1 atom stereocenters. The summed E-state index contributed by atoms with van der Waals surface area (Å²) < 4.78 is 38.1. The van der Waals surface area contributed by atoms with E-state index in [9.17, 15) is 18.0 Å². The minimum Gasteiger partial charge on any atom is -0.349 e. The summed E-state index contributed by atoms with van der Waals surface area (Å²) in [6, 6.07) is 10.2. The fourth-order valence-electron chi connectivity index (χ4n) is 3.25. The van der Waals surface area contributed by atoms with Crippen LogP contribution < -0.4 is 5.32 Å². The molecule has 0 saturated heterocycles. The third kappa shape index (κ3) is 4.00. The Hall–Kier alpha value is -2.37. The molecule has 1 aliphatic rings. The number of pyridine rings is 1. The highest BCUT2D eigenvalue weighted by Gasteiger charge is 2.33. The van der Waals surface area contributed by atoms with Crippen molar-refractivity contribution in [1.29, 1.82) is 0 Å². The number of halogens is 3. The molecule has 1 N–H and O–H groups in total. The normalized spacial score (nSPS) is 17.5. The largest absolute Gasteiger partial charge is 0.433 e. The lowest BCUT2D eigenvalue weighted by Crippen LogP contribution is -2.36. The second-order valence-corrected chi connectivity index (χ2v) is 6.36. The number of alkyl halides is 3. The summed E-state index contributed by atoms with van der Waals surface area (Å²) in [5.41, 5.74) is 1.80. The number of nitrogens with one attached hydrogen (secondary N) is 1. The number of benzene rings is 1.